The Balaban J connectivity index is 0.00000211. The number of ether oxygens (including phenoxy) is 3. The van der Waals surface area contributed by atoms with Crippen LogP contribution in [-0.4, -0.2) is 54.3 Å². The van der Waals surface area contributed by atoms with Gasteiger partial charge in [-0.1, -0.05) is 44.7 Å². The van der Waals surface area contributed by atoms with E-state index in [0.29, 0.717) is 22.6 Å². The van der Waals surface area contributed by atoms with Crippen LogP contribution in [-0.2, 0) is 11.3 Å². The Bertz CT molecular complexity index is 1320. The van der Waals surface area contributed by atoms with Gasteiger partial charge in [0.2, 0.25) is 5.90 Å². The fourth-order valence-electron chi connectivity index (χ4n) is 3.91. The summed E-state index contributed by atoms with van der Waals surface area (Å²) in [5.74, 6) is 1.09. The van der Waals surface area contributed by atoms with Crippen LogP contribution < -0.4 is 60.9 Å². The largest absolute Gasteiger partial charge is 1.00 e. The molecule has 1 aromatic heterocycles. The number of alkyl halides is 3. The van der Waals surface area contributed by atoms with E-state index in [4.69, 9.17) is 19.6 Å². The van der Waals surface area contributed by atoms with Gasteiger partial charge in [-0.05, 0) is 49.7 Å². The molecule has 8 nitrogen and oxygen atoms in total. The second kappa shape index (κ2) is 16.6. The monoisotopic (exact) mass is 625 g/mol. The van der Waals surface area contributed by atoms with Gasteiger partial charge < -0.3 is 24.4 Å². The molecule has 0 bridgehead atoms. The number of hydrogen-bond donors (Lipinski definition) is 1. The second-order valence-electron chi connectivity index (χ2n) is 9.82. The van der Waals surface area contributed by atoms with Crippen molar-refractivity contribution in [2.75, 3.05) is 21.2 Å². The van der Waals surface area contributed by atoms with Crippen LogP contribution in [0.2, 0.25) is 0 Å². The van der Waals surface area contributed by atoms with Gasteiger partial charge in [0.05, 0.1) is 25.0 Å². The molecule has 0 spiro atoms. The summed E-state index contributed by atoms with van der Waals surface area (Å²) in [5, 5.41) is 12.8. The minimum Gasteiger partial charge on any atom is -0.689 e. The number of rotatable bonds is 12. The maximum Gasteiger partial charge on any atom is 1.00 e. The fraction of sp³-hybridized carbons (Fsp3) is 0.452. The molecule has 1 N–H and O–H groups in total. The first-order valence-electron chi connectivity index (χ1n) is 13.9. The molecule has 12 heteroatoms. The second-order valence-corrected chi connectivity index (χ2v) is 9.82. The number of allylic oxidation sites excluding steroid dienone is 2. The SMILES string of the molecule is C=C(c1ccc(COc2nc(/C(C(=N)OC)=C(/[N-]C)C3CC3)ncc2OC2CC2)cc1)N(C)/C=C(\C)C(F)(F)F.CC.[K+]. The van der Waals surface area contributed by atoms with Gasteiger partial charge in [0.15, 0.2) is 11.6 Å². The predicted octanol–water partition coefficient (Wildman–Crippen LogP) is 4.74. The molecule has 0 atom stereocenters. The summed E-state index contributed by atoms with van der Waals surface area (Å²) in [6, 6.07) is 7.16. The molecule has 0 saturated heterocycles. The van der Waals surface area contributed by atoms with Crippen LogP contribution in [0.3, 0.4) is 0 Å². The van der Waals surface area contributed by atoms with Crippen LogP contribution in [0.25, 0.3) is 16.6 Å². The predicted molar refractivity (Wildman–Crippen MR) is 158 cm³/mol. The number of aromatic nitrogens is 2. The van der Waals surface area contributed by atoms with Crippen LogP contribution in [0.5, 0.6) is 11.6 Å². The summed E-state index contributed by atoms with van der Waals surface area (Å²) in [5.41, 5.74) is 2.34. The summed E-state index contributed by atoms with van der Waals surface area (Å²) in [6.45, 7) is 9.10. The maximum absolute atomic E-state index is 12.9. The van der Waals surface area contributed by atoms with Gasteiger partial charge in [-0.25, -0.2) is 4.98 Å². The van der Waals surface area contributed by atoms with Crippen LogP contribution in [0.15, 0.2) is 54.5 Å². The Labute approximate surface area is 294 Å². The number of nitrogens with one attached hydrogen (secondary N) is 1. The quantitative estimate of drug-likeness (QED) is 0.208. The molecule has 2 saturated carbocycles. The molecule has 43 heavy (non-hydrogen) atoms. The van der Waals surface area contributed by atoms with Crippen LogP contribution in [0.4, 0.5) is 13.2 Å². The van der Waals surface area contributed by atoms with Gasteiger partial charge in [-0.2, -0.15) is 18.2 Å². The Morgan fingerprint density at radius 1 is 1.16 bits per heavy atom. The molecule has 0 aliphatic heterocycles. The average Bonchev–Trinajstić information content (AvgIpc) is 3.91. The standard InChI is InChI=1S/C29H33F3N5O3.C2H6.K/c1-17(29(30,31)32)15-37(4)18(2)20-8-6-19(7-9-20)16-39-28-23(40-22-12-13-22)14-35-27(36-28)24(26(33)38-5)25(34-3)21-10-11-21;1-2;/h6-9,14-15,21-22,33H,2,10-13,16H2,1,3-5H3;1-2H3;/q-1;;+1/b17-15+,25-24+,33-26?;;. The van der Waals surface area contributed by atoms with E-state index in [2.05, 4.69) is 21.9 Å². The van der Waals surface area contributed by atoms with Gasteiger partial charge in [0, 0.05) is 24.5 Å². The zero-order valence-corrected chi connectivity index (χ0v) is 29.1. The molecular formula is C31H39F3KN5O3. The normalized spacial score (nSPS) is 15.1. The van der Waals surface area contributed by atoms with E-state index in [-0.39, 0.29) is 87.6 Å². The average molecular weight is 626 g/mol. The topological polar surface area (TPSA) is 94.7 Å². The molecule has 0 radical (unpaired) electrons. The van der Waals surface area contributed by atoms with Crippen molar-refractivity contribution < 1.29 is 78.8 Å². The first-order valence-corrected chi connectivity index (χ1v) is 13.9. The number of halogens is 3. The Morgan fingerprint density at radius 2 is 1.79 bits per heavy atom. The minimum absolute atomic E-state index is 0. The smallest absolute Gasteiger partial charge is 0.689 e. The molecule has 228 valence electrons. The Morgan fingerprint density at radius 3 is 2.30 bits per heavy atom. The van der Waals surface area contributed by atoms with Gasteiger partial charge in [0.1, 0.15) is 6.61 Å². The van der Waals surface area contributed by atoms with Gasteiger partial charge >= 0.3 is 57.6 Å². The summed E-state index contributed by atoms with van der Waals surface area (Å²) < 4.78 is 56.0. The van der Waals surface area contributed by atoms with E-state index >= 15 is 0 Å². The summed E-state index contributed by atoms with van der Waals surface area (Å²) >= 11 is 0. The number of nitrogens with zero attached hydrogens (tertiary/aromatic N) is 4. The van der Waals surface area contributed by atoms with Gasteiger partial charge in [-0.15, -0.1) is 12.7 Å². The number of methoxy groups -OCH3 is 1. The summed E-state index contributed by atoms with van der Waals surface area (Å²) in [4.78, 5) is 10.4. The summed E-state index contributed by atoms with van der Waals surface area (Å²) in [6.07, 6.45) is 2.11. The van der Waals surface area contributed by atoms with Crippen molar-refractivity contribution in [1.82, 2.24) is 14.9 Å². The Kier molecular flexibility index (Phi) is 14.2. The van der Waals surface area contributed by atoms with Crippen molar-refractivity contribution in [1.29, 1.82) is 5.41 Å². The van der Waals surface area contributed by atoms with Crippen LogP contribution in [0, 0.1) is 11.3 Å². The van der Waals surface area contributed by atoms with E-state index in [0.717, 1.165) is 50.1 Å². The fourth-order valence-corrected chi connectivity index (χ4v) is 3.91. The zero-order valence-electron chi connectivity index (χ0n) is 26.0. The van der Waals surface area contributed by atoms with Gasteiger partial charge in [-0.3, -0.25) is 5.41 Å². The van der Waals surface area contributed by atoms with Crippen molar-refractivity contribution >= 4 is 17.2 Å². The van der Waals surface area contributed by atoms with Crippen LogP contribution in [0.1, 0.15) is 63.4 Å². The third kappa shape index (κ3) is 10.3. The van der Waals surface area contributed by atoms with Crippen molar-refractivity contribution in [2.24, 2.45) is 5.92 Å². The van der Waals surface area contributed by atoms with E-state index in [9.17, 15) is 13.2 Å². The van der Waals surface area contributed by atoms with Crippen molar-refractivity contribution in [2.45, 2.75) is 65.3 Å². The first kappa shape index (κ1) is 36.8. The minimum atomic E-state index is -4.40. The van der Waals surface area contributed by atoms with E-state index in [1.54, 1.807) is 25.4 Å². The van der Waals surface area contributed by atoms with E-state index in [1.807, 2.05) is 26.0 Å². The van der Waals surface area contributed by atoms with E-state index in [1.165, 1.54) is 19.1 Å². The maximum atomic E-state index is 12.9. The van der Waals surface area contributed by atoms with Crippen molar-refractivity contribution in [3.05, 3.63) is 76.8 Å². The Hall–Kier alpha value is -2.38. The van der Waals surface area contributed by atoms with Gasteiger partial charge in [0.25, 0.3) is 5.88 Å². The third-order valence-electron chi connectivity index (χ3n) is 6.58. The zero-order chi connectivity index (χ0) is 31.0. The van der Waals surface area contributed by atoms with Crippen LogP contribution >= 0.6 is 0 Å². The molecule has 1 heterocycles. The molecule has 4 rings (SSSR count). The van der Waals surface area contributed by atoms with E-state index < -0.39 is 11.7 Å². The number of hydrogen-bond acceptors (Lipinski definition) is 7. The third-order valence-corrected chi connectivity index (χ3v) is 6.58. The molecule has 0 unspecified atom stereocenters. The van der Waals surface area contributed by atoms with Crippen molar-refractivity contribution in [3.8, 4) is 11.6 Å². The molecule has 2 aromatic rings. The molecule has 2 aliphatic carbocycles. The molecule has 1 aromatic carbocycles. The molecular weight excluding hydrogens is 586 g/mol. The first-order chi connectivity index (χ1) is 20.0. The number of benzene rings is 1. The van der Waals surface area contributed by atoms with Crippen molar-refractivity contribution in [3.63, 3.8) is 0 Å². The molecule has 0 amide bonds. The summed E-state index contributed by atoms with van der Waals surface area (Å²) in [7, 11) is 4.63. The molecule has 2 aliphatic rings. The molecule has 2 fully saturated rings.